The van der Waals surface area contributed by atoms with Gasteiger partial charge in [-0.05, 0) is 25.0 Å². The summed E-state index contributed by atoms with van der Waals surface area (Å²) >= 11 is 0. The third kappa shape index (κ3) is 1.18. The number of hydrogen-bond acceptors (Lipinski definition) is 2. The molecule has 1 rings (SSSR count). The Kier molecular flexibility index (Phi) is 1.81. The monoisotopic (exact) mass is 148 g/mol. The molecule has 0 atom stereocenters. The van der Waals surface area contributed by atoms with Gasteiger partial charge in [0.2, 0.25) is 0 Å². The molecular weight excluding hydrogens is 139 g/mol. The van der Waals surface area contributed by atoms with Gasteiger partial charge in [-0.25, -0.2) is 0 Å². The third-order valence-corrected chi connectivity index (χ3v) is 1.85. The Morgan fingerprint density at radius 1 is 1.09 bits per heavy atom. The second-order valence-electron chi connectivity index (χ2n) is 2.58. The second-order valence-corrected chi connectivity index (χ2v) is 2.58. The molecule has 0 bridgehead atoms. The van der Waals surface area contributed by atoms with Crippen molar-refractivity contribution in [3.63, 3.8) is 0 Å². The van der Waals surface area contributed by atoms with Gasteiger partial charge in [0.1, 0.15) is 19.3 Å². The fourth-order valence-electron chi connectivity index (χ4n) is 0.903. The number of rotatable bonds is 0. The van der Waals surface area contributed by atoms with E-state index in [1.165, 1.54) is 6.07 Å². The van der Waals surface area contributed by atoms with Crippen LogP contribution < -0.4 is 5.46 Å². The quantitative estimate of drug-likeness (QED) is 0.526. The molecule has 1 aromatic carbocycles. The van der Waals surface area contributed by atoms with Crippen molar-refractivity contribution in [1.29, 1.82) is 0 Å². The van der Waals surface area contributed by atoms with Crippen LogP contribution in [0, 0.1) is 13.8 Å². The Labute approximate surface area is 66.9 Å². The lowest BCUT2D eigenvalue weighted by Gasteiger charge is -2.08. The van der Waals surface area contributed by atoms with Crippen LogP contribution in [0.2, 0.25) is 0 Å². The maximum absolute atomic E-state index is 9.17. The summed E-state index contributed by atoms with van der Waals surface area (Å²) in [6.45, 7) is 3.41. The van der Waals surface area contributed by atoms with Crippen LogP contribution in [0.25, 0.3) is 0 Å². The fraction of sp³-hybridized carbons (Fsp3) is 0.250. The zero-order valence-corrected chi connectivity index (χ0v) is 6.55. The topological polar surface area (TPSA) is 40.5 Å². The molecule has 2 radical (unpaired) electrons. The van der Waals surface area contributed by atoms with E-state index in [9.17, 15) is 0 Å². The molecule has 1 aromatic rings. The molecule has 2 N–H and O–H groups in total. The lowest BCUT2D eigenvalue weighted by molar-refractivity contribution is 0.446. The van der Waals surface area contributed by atoms with Crippen molar-refractivity contribution < 1.29 is 10.2 Å². The van der Waals surface area contributed by atoms with Gasteiger partial charge in [-0.2, -0.15) is 0 Å². The number of benzene rings is 1. The number of hydrogen-bond donors (Lipinski definition) is 2. The summed E-state index contributed by atoms with van der Waals surface area (Å²) in [5, 5.41) is 18.3. The maximum Gasteiger partial charge on any atom is 0.121 e. The SMILES string of the molecule is [B]c1c(C)c(O)cc(O)c1C. The molecule has 0 aromatic heterocycles. The Morgan fingerprint density at radius 3 is 1.82 bits per heavy atom. The van der Waals surface area contributed by atoms with Crippen LogP contribution in [-0.4, -0.2) is 18.1 Å². The first kappa shape index (κ1) is 7.99. The van der Waals surface area contributed by atoms with Gasteiger partial charge in [0.25, 0.3) is 0 Å². The number of phenols is 2. The Hall–Kier alpha value is -1.12. The van der Waals surface area contributed by atoms with Crippen LogP contribution in [-0.2, 0) is 0 Å². The molecule has 56 valence electrons. The van der Waals surface area contributed by atoms with Crippen molar-refractivity contribution in [2.75, 3.05) is 0 Å². The summed E-state index contributed by atoms with van der Waals surface area (Å²) < 4.78 is 0. The van der Waals surface area contributed by atoms with E-state index < -0.39 is 0 Å². The standard InChI is InChI=1S/C8H9BO2/c1-4-6(10)3-7(11)5(2)8(4)9/h3,10-11H,1-2H3. The van der Waals surface area contributed by atoms with Crippen molar-refractivity contribution in [3.8, 4) is 11.5 Å². The molecule has 0 unspecified atom stereocenters. The fourth-order valence-corrected chi connectivity index (χ4v) is 0.903. The minimum Gasteiger partial charge on any atom is -0.508 e. The molecular formula is C8H9BO2. The van der Waals surface area contributed by atoms with Crippen molar-refractivity contribution in [2.24, 2.45) is 0 Å². The second kappa shape index (κ2) is 2.49. The van der Waals surface area contributed by atoms with E-state index in [-0.39, 0.29) is 11.5 Å². The van der Waals surface area contributed by atoms with Gasteiger partial charge in [-0.15, -0.1) is 0 Å². The van der Waals surface area contributed by atoms with Gasteiger partial charge < -0.3 is 10.2 Å². The summed E-state index contributed by atoms with van der Waals surface area (Å²) in [6, 6.07) is 1.29. The largest absolute Gasteiger partial charge is 0.508 e. The van der Waals surface area contributed by atoms with E-state index in [2.05, 4.69) is 0 Å². The highest BCUT2D eigenvalue weighted by Crippen LogP contribution is 2.23. The number of aromatic hydroxyl groups is 2. The van der Waals surface area contributed by atoms with Gasteiger partial charge in [0, 0.05) is 6.07 Å². The maximum atomic E-state index is 9.17. The average Bonchev–Trinajstić information content (AvgIpc) is 1.97. The molecule has 0 spiro atoms. The van der Waals surface area contributed by atoms with Crippen molar-refractivity contribution in [1.82, 2.24) is 0 Å². The lowest BCUT2D eigenvalue weighted by Crippen LogP contribution is -2.11. The van der Waals surface area contributed by atoms with Crippen molar-refractivity contribution in [3.05, 3.63) is 17.2 Å². The minimum atomic E-state index is 0.0330. The normalized spacial score (nSPS) is 10.0. The molecule has 3 heteroatoms. The molecule has 0 heterocycles. The molecule has 0 aliphatic carbocycles. The van der Waals surface area contributed by atoms with Crippen molar-refractivity contribution >= 4 is 13.3 Å². The van der Waals surface area contributed by atoms with Crippen LogP contribution in [0.1, 0.15) is 11.1 Å². The minimum absolute atomic E-state index is 0.0330. The Balaban J connectivity index is 3.46. The van der Waals surface area contributed by atoms with E-state index >= 15 is 0 Å². The predicted molar refractivity (Wildman–Crippen MR) is 44.6 cm³/mol. The average molecular weight is 148 g/mol. The molecule has 0 aliphatic rings. The Morgan fingerprint density at radius 2 is 1.45 bits per heavy atom. The summed E-state index contributed by atoms with van der Waals surface area (Å²) in [5.74, 6) is 0.0659. The van der Waals surface area contributed by atoms with E-state index in [0.717, 1.165) is 0 Å². The van der Waals surface area contributed by atoms with E-state index in [1.807, 2.05) is 0 Å². The predicted octanol–water partition coefficient (Wildman–Crippen LogP) is 0.508. The molecule has 0 saturated carbocycles. The van der Waals surface area contributed by atoms with E-state index in [4.69, 9.17) is 18.1 Å². The van der Waals surface area contributed by atoms with Crippen LogP contribution in [0.3, 0.4) is 0 Å². The van der Waals surface area contributed by atoms with Crippen LogP contribution in [0.15, 0.2) is 6.07 Å². The zero-order chi connectivity index (χ0) is 8.59. The van der Waals surface area contributed by atoms with Crippen LogP contribution in [0.5, 0.6) is 11.5 Å². The summed E-state index contributed by atoms with van der Waals surface area (Å²) in [7, 11) is 5.56. The number of phenolic OH excluding ortho intramolecular Hbond substituents is 2. The lowest BCUT2D eigenvalue weighted by atomic mass is 9.86. The molecule has 0 amide bonds. The zero-order valence-electron chi connectivity index (χ0n) is 6.55. The van der Waals surface area contributed by atoms with Crippen LogP contribution >= 0.6 is 0 Å². The first-order chi connectivity index (χ1) is 5.04. The first-order valence-corrected chi connectivity index (χ1v) is 3.31. The smallest absolute Gasteiger partial charge is 0.121 e. The Bertz CT molecular complexity index is 268. The molecule has 0 fully saturated rings. The van der Waals surface area contributed by atoms with Crippen molar-refractivity contribution in [2.45, 2.75) is 13.8 Å². The van der Waals surface area contributed by atoms with Gasteiger partial charge in [-0.3, -0.25) is 0 Å². The summed E-state index contributed by atoms with van der Waals surface area (Å²) in [5.41, 5.74) is 1.67. The summed E-state index contributed by atoms with van der Waals surface area (Å²) in [4.78, 5) is 0. The molecule has 11 heavy (non-hydrogen) atoms. The highest BCUT2D eigenvalue weighted by Gasteiger charge is 2.05. The molecule has 0 saturated heterocycles. The molecule has 2 nitrogen and oxygen atoms in total. The van der Waals surface area contributed by atoms with Gasteiger partial charge in [-0.1, -0.05) is 5.46 Å². The van der Waals surface area contributed by atoms with Gasteiger partial charge in [0.15, 0.2) is 0 Å². The summed E-state index contributed by atoms with van der Waals surface area (Å²) in [6.07, 6.45) is 0. The highest BCUT2D eigenvalue weighted by molar-refractivity contribution is 6.34. The van der Waals surface area contributed by atoms with E-state index in [1.54, 1.807) is 13.8 Å². The first-order valence-electron chi connectivity index (χ1n) is 3.31. The third-order valence-electron chi connectivity index (χ3n) is 1.85. The highest BCUT2D eigenvalue weighted by atomic mass is 16.3. The van der Waals surface area contributed by atoms with E-state index in [0.29, 0.717) is 16.6 Å². The molecule has 0 aliphatic heterocycles. The van der Waals surface area contributed by atoms with Gasteiger partial charge >= 0.3 is 0 Å². The van der Waals surface area contributed by atoms with Gasteiger partial charge in [0.05, 0.1) is 0 Å². The van der Waals surface area contributed by atoms with Crippen LogP contribution in [0.4, 0.5) is 0 Å².